The smallest absolute Gasteiger partial charge is 0.313 e. The molecule has 198 valence electrons. The Labute approximate surface area is 211 Å². The van der Waals surface area contributed by atoms with E-state index in [2.05, 4.69) is 5.32 Å². The number of carbonyl (C=O) groups excluding carboxylic acids is 4. The summed E-state index contributed by atoms with van der Waals surface area (Å²) in [5.74, 6) is -3.25. The number of aliphatic hydroxyl groups is 1. The van der Waals surface area contributed by atoms with E-state index in [0.29, 0.717) is 19.5 Å². The van der Waals surface area contributed by atoms with Crippen molar-refractivity contribution in [3.63, 3.8) is 0 Å². The zero-order valence-corrected chi connectivity index (χ0v) is 21.2. The van der Waals surface area contributed by atoms with Crippen molar-refractivity contribution in [1.82, 2.24) is 15.1 Å². The number of cyclic esters (lactones) is 1. The summed E-state index contributed by atoms with van der Waals surface area (Å²) in [6.45, 7) is 6.05. The number of nitrogens with one attached hydrogen (secondary N) is 1. The Morgan fingerprint density at radius 3 is 2.72 bits per heavy atom. The molecule has 0 aromatic heterocycles. The SMILES string of the molecule is CCCCN1C/C=C\CCC(=O)NC[C@@H](C)OC(=O)[C@@H]2[C@@H]3C=C[C@]4(O3)[C@H](C1=O)N([C@H](C)CO)C(=O)[C@@H]24. The molecular weight excluding hydrogens is 466 g/mol. The second-order valence-corrected chi connectivity index (χ2v) is 10.2. The Bertz CT molecular complexity index is 950. The Morgan fingerprint density at radius 2 is 2.00 bits per heavy atom. The molecule has 0 unspecified atom stereocenters. The molecule has 0 aromatic carbocycles. The number of hydrogen-bond donors (Lipinski definition) is 2. The van der Waals surface area contributed by atoms with Crippen LogP contribution in [0, 0.1) is 11.8 Å². The fraction of sp³-hybridized carbons (Fsp3) is 0.692. The first-order valence-corrected chi connectivity index (χ1v) is 13.0. The summed E-state index contributed by atoms with van der Waals surface area (Å²) in [6, 6.07) is -1.64. The third-order valence-corrected chi connectivity index (χ3v) is 7.58. The van der Waals surface area contributed by atoms with E-state index in [9.17, 15) is 24.3 Å². The van der Waals surface area contributed by atoms with Gasteiger partial charge in [0.05, 0.1) is 31.2 Å². The summed E-state index contributed by atoms with van der Waals surface area (Å²) >= 11 is 0. The van der Waals surface area contributed by atoms with Crippen LogP contribution in [0.2, 0.25) is 0 Å². The quantitative estimate of drug-likeness (QED) is 0.414. The molecule has 7 atom stereocenters. The van der Waals surface area contributed by atoms with E-state index in [1.54, 1.807) is 30.9 Å². The lowest BCUT2D eigenvalue weighted by Crippen LogP contribution is -2.58. The maximum absolute atomic E-state index is 14.1. The van der Waals surface area contributed by atoms with Gasteiger partial charge in [0, 0.05) is 19.5 Å². The molecule has 0 aliphatic carbocycles. The molecule has 4 aliphatic heterocycles. The van der Waals surface area contributed by atoms with Crippen LogP contribution in [0.25, 0.3) is 0 Å². The number of hydrogen-bond acceptors (Lipinski definition) is 7. The maximum Gasteiger partial charge on any atom is 0.313 e. The normalized spacial score (nSPS) is 36.6. The zero-order valence-electron chi connectivity index (χ0n) is 21.2. The van der Waals surface area contributed by atoms with Gasteiger partial charge in [-0.2, -0.15) is 0 Å². The third-order valence-electron chi connectivity index (χ3n) is 7.58. The number of carbonyl (C=O) groups is 4. The van der Waals surface area contributed by atoms with Gasteiger partial charge in [0.25, 0.3) is 0 Å². The summed E-state index contributed by atoms with van der Waals surface area (Å²) in [6.07, 6.45) is 8.40. The number of ether oxygens (including phenoxy) is 2. The Morgan fingerprint density at radius 1 is 1.22 bits per heavy atom. The largest absolute Gasteiger partial charge is 0.460 e. The lowest BCUT2D eigenvalue weighted by atomic mass is 9.74. The molecular formula is C26H37N3O7. The average Bonchev–Trinajstić information content (AvgIpc) is 3.50. The number of likely N-dealkylation sites (tertiary alicyclic amines) is 1. The number of allylic oxidation sites excluding steroid dienone is 1. The van der Waals surface area contributed by atoms with Gasteiger partial charge >= 0.3 is 5.97 Å². The van der Waals surface area contributed by atoms with E-state index in [1.807, 2.05) is 19.1 Å². The highest BCUT2D eigenvalue weighted by molar-refractivity contribution is 5.99. The van der Waals surface area contributed by atoms with Gasteiger partial charge in [-0.1, -0.05) is 37.6 Å². The predicted octanol–water partition coefficient (Wildman–Crippen LogP) is 0.544. The Kier molecular flexibility index (Phi) is 7.85. The molecule has 0 saturated carbocycles. The topological polar surface area (TPSA) is 125 Å². The van der Waals surface area contributed by atoms with Crippen LogP contribution in [0.5, 0.6) is 0 Å². The molecule has 0 aromatic rings. The van der Waals surface area contributed by atoms with E-state index in [1.165, 1.54) is 4.90 Å². The van der Waals surface area contributed by atoms with E-state index >= 15 is 0 Å². The van der Waals surface area contributed by atoms with Gasteiger partial charge < -0.3 is 29.7 Å². The van der Waals surface area contributed by atoms with Crippen LogP contribution in [0.3, 0.4) is 0 Å². The van der Waals surface area contributed by atoms with E-state index in [4.69, 9.17) is 9.47 Å². The van der Waals surface area contributed by atoms with Crippen molar-refractivity contribution in [2.45, 2.75) is 76.3 Å². The molecule has 4 aliphatic rings. The first-order chi connectivity index (χ1) is 17.2. The third kappa shape index (κ3) is 4.56. The van der Waals surface area contributed by atoms with Crippen LogP contribution in [0.15, 0.2) is 24.3 Å². The molecule has 2 N–H and O–H groups in total. The second kappa shape index (κ2) is 10.7. The van der Waals surface area contributed by atoms with Crippen molar-refractivity contribution in [2.75, 3.05) is 26.2 Å². The fourth-order valence-corrected chi connectivity index (χ4v) is 5.73. The molecule has 4 rings (SSSR count). The molecule has 10 nitrogen and oxygen atoms in total. The maximum atomic E-state index is 14.1. The first kappa shape index (κ1) is 26.3. The molecule has 0 radical (unpaired) electrons. The molecule has 5 bridgehead atoms. The summed E-state index contributed by atoms with van der Waals surface area (Å²) in [4.78, 5) is 56.5. The van der Waals surface area contributed by atoms with Crippen molar-refractivity contribution in [2.24, 2.45) is 11.8 Å². The van der Waals surface area contributed by atoms with Crippen molar-refractivity contribution in [3.05, 3.63) is 24.3 Å². The van der Waals surface area contributed by atoms with Crippen LogP contribution < -0.4 is 5.32 Å². The highest BCUT2D eigenvalue weighted by Gasteiger charge is 2.74. The molecule has 36 heavy (non-hydrogen) atoms. The summed E-state index contributed by atoms with van der Waals surface area (Å²) < 4.78 is 11.9. The van der Waals surface area contributed by atoms with Gasteiger partial charge in [-0.05, 0) is 26.7 Å². The number of nitrogens with zero attached hydrogens (tertiary/aromatic N) is 2. The minimum absolute atomic E-state index is 0.154. The number of esters is 1. The van der Waals surface area contributed by atoms with Crippen molar-refractivity contribution >= 4 is 23.7 Å². The Hall–Kier alpha value is -2.72. The molecule has 3 amide bonds. The summed E-state index contributed by atoms with van der Waals surface area (Å²) in [5, 5.41) is 12.7. The van der Waals surface area contributed by atoms with Crippen molar-refractivity contribution in [1.29, 1.82) is 0 Å². The fourth-order valence-electron chi connectivity index (χ4n) is 5.73. The van der Waals surface area contributed by atoms with Gasteiger partial charge in [0.2, 0.25) is 17.7 Å². The van der Waals surface area contributed by atoms with Crippen LogP contribution in [-0.2, 0) is 28.7 Å². The van der Waals surface area contributed by atoms with Crippen molar-refractivity contribution < 1.29 is 33.8 Å². The average molecular weight is 504 g/mol. The van der Waals surface area contributed by atoms with Crippen LogP contribution in [0.1, 0.15) is 46.5 Å². The van der Waals surface area contributed by atoms with Crippen LogP contribution >= 0.6 is 0 Å². The minimum Gasteiger partial charge on any atom is -0.460 e. The van der Waals surface area contributed by atoms with Gasteiger partial charge in [-0.15, -0.1) is 0 Å². The minimum atomic E-state index is -1.30. The molecule has 4 heterocycles. The highest BCUT2D eigenvalue weighted by Crippen LogP contribution is 2.56. The monoisotopic (exact) mass is 503 g/mol. The lowest BCUT2D eigenvalue weighted by molar-refractivity contribution is -0.159. The number of fused-ring (bicyclic) bond motifs is 2. The van der Waals surface area contributed by atoms with E-state index < -0.39 is 53.6 Å². The van der Waals surface area contributed by atoms with Gasteiger partial charge in [0.15, 0.2) is 0 Å². The van der Waals surface area contributed by atoms with Gasteiger partial charge in [-0.25, -0.2) is 0 Å². The first-order valence-electron chi connectivity index (χ1n) is 13.0. The molecule has 1 spiro atoms. The second-order valence-electron chi connectivity index (χ2n) is 10.2. The van der Waals surface area contributed by atoms with Gasteiger partial charge in [-0.3, -0.25) is 19.2 Å². The number of unbranched alkanes of at least 4 members (excludes halogenated alkanes) is 1. The Balaban J connectivity index is 1.75. The van der Waals surface area contributed by atoms with Crippen LogP contribution in [-0.4, -0.2) is 94.7 Å². The standard InChI is InChI=1S/C26H37N3O7/c1-4-5-12-28-13-8-6-7-9-19(31)27-14-17(3)35-25(34)20-18-10-11-26(36-18)21(20)23(32)29(16(2)15-30)22(26)24(28)33/h6,8,10-11,16-18,20-22,30H,4-5,7,9,12-15H2,1-3H3,(H,27,31)/b8-6-/t16-,17-,18+,20-,21-,22+,26-/m1/s1. The van der Waals surface area contributed by atoms with Gasteiger partial charge in [0.1, 0.15) is 23.7 Å². The number of amides is 3. The lowest BCUT2D eigenvalue weighted by Gasteiger charge is -2.37. The van der Waals surface area contributed by atoms with E-state index in [-0.39, 0.29) is 31.4 Å². The van der Waals surface area contributed by atoms with E-state index in [0.717, 1.165) is 12.8 Å². The van der Waals surface area contributed by atoms with Crippen LogP contribution in [0.4, 0.5) is 0 Å². The predicted molar refractivity (Wildman–Crippen MR) is 129 cm³/mol. The highest BCUT2D eigenvalue weighted by atomic mass is 16.6. The molecule has 10 heteroatoms. The summed E-state index contributed by atoms with van der Waals surface area (Å²) in [5.41, 5.74) is -1.30. The zero-order chi connectivity index (χ0) is 26.0. The number of aliphatic hydroxyl groups excluding tert-OH is 1. The molecule has 2 saturated heterocycles. The van der Waals surface area contributed by atoms with Crippen molar-refractivity contribution in [3.8, 4) is 0 Å². The number of rotatable bonds is 5. The summed E-state index contributed by atoms with van der Waals surface area (Å²) in [7, 11) is 0. The molecule has 2 fully saturated rings.